The van der Waals surface area contributed by atoms with Crippen molar-refractivity contribution in [2.24, 2.45) is 0 Å². The second-order valence-electron chi connectivity index (χ2n) is 1.42. The van der Waals surface area contributed by atoms with E-state index in [4.69, 9.17) is 5.11 Å². The fourth-order valence-electron chi connectivity index (χ4n) is 0.142. The molecule has 2 N–H and O–H groups in total. The van der Waals surface area contributed by atoms with E-state index in [1.54, 1.807) is 6.92 Å². The lowest BCUT2D eigenvalue weighted by molar-refractivity contribution is 0.204. The van der Waals surface area contributed by atoms with Gasteiger partial charge in [0, 0.05) is 0 Å². The zero-order valence-electron chi connectivity index (χ0n) is 4.31. The van der Waals surface area contributed by atoms with Gasteiger partial charge in [-0.2, -0.15) is 0 Å². The summed E-state index contributed by atoms with van der Waals surface area (Å²) in [6.45, 7) is 5.25. The predicted molar refractivity (Wildman–Crippen MR) is 33.7 cm³/mol. The molecule has 0 aliphatic carbocycles. The van der Waals surface area contributed by atoms with Gasteiger partial charge in [-0.15, -0.1) is 0 Å². The van der Waals surface area contributed by atoms with E-state index in [0.29, 0.717) is 0 Å². The smallest absolute Gasteiger partial charge is 0.129 e. The normalized spacial score (nSPS) is 13.6. The Morgan fingerprint density at radius 2 is 2.43 bits per heavy atom. The summed E-state index contributed by atoms with van der Waals surface area (Å²) in [5, 5.41) is 11.2. The fraction of sp³-hybridized carbons (Fsp3) is 0.500. The Labute approximate surface area is 45.9 Å². The molecule has 0 saturated heterocycles. The van der Waals surface area contributed by atoms with Crippen LogP contribution >= 0.6 is 9.39 Å². The summed E-state index contributed by atoms with van der Waals surface area (Å²) in [4.78, 5) is 0. The van der Waals surface area contributed by atoms with Gasteiger partial charge in [0.05, 0.1) is 0 Å². The third-order valence-corrected chi connectivity index (χ3v) is 0.940. The van der Waals surface area contributed by atoms with Gasteiger partial charge in [-0.3, -0.25) is 5.09 Å². The maximum absolute atomic E-state index is 8.70. The van der Waals surface area contributed by atoms with Crippen LogP contribution < -0.4 is 5.09 Å². The van der Waals surface area contributed by atoms with Crippen LogP contribution in [0.2, 0.25) is 0 Å². The minimum atomic E-state index is -0.579. The van der Waals surface area contributed by atoms with Crippen molar-refractivity contribution < 1.29 is 5.11 Å². The average Bonchev–Trinajstić information content (AvgIpc) is 1.65. The number of aliphatic hydroxyl groups excluding tert-OH is 1. The number of nitrogens with one attached hydrogen (secondary N) is 1. The van der Waals surface area contributed by atoms with Gasteiger partial charge in [0.1, 0.15) is 6.23 Å². The van der Waals surface area contributed by atoms with Crippen molar-refractivity contribution in [1.29, 1.82) is 0 Å². The topological polar surface area (TPSA) is 32.3 Å². The molecule has 0 aromatic heterocycles. The monoisotopic (exact) mass is 119 g/mol. The number of hydrogen-bond donors (Lipinski definition) is 2. The van der Waals surface area contributed by atoms with Crippen molar-refractivity contribution in [1.82, 2.24) is 5.09 Å². The van der Waals surface area contributed by atoms with Crippen LogP contribution in [0.3, 0.4) is 0 Å². The highest BCUT2D eigenvalue weighted by Crippen LogP contribution is 1.93. The van der Waals surface area contributed by atoms with E-state index in [-0.39, 0.29) is 0 Å². The molecule has 0 amide bonds. The molecule has 2 atom stereocenters. The van der Waals surface area contributed by atoms with Gasteiger partial charge >= 0.3 is 0 Å². The summed E-state index contributed by atoms with van der Waals surface area (Å²) >= 11 is 0. The molecular weight excluding hydrogens is 109 g/mol. The molecule has 0 heterocycles. The SMILES string of the molecule is C=C(C)C(O)NP. The Morgan fingerprint density at radius 3 is 2.43 bits per heavy atom. The number of rotatable bonds is 2. The van der Waals surface area contributed by atoms with Gasteiger partial charge in [-0.05, 0) is 12.5 Å². The highest BCUT2D eigenvalue weighted by molar-refractivity contribution is 7.13. The first-order chi connectivity index (χ1) is 3.18. The summed E-state index contributed by atoms with van der Waals surface area (Å²) in [6.07, 6.45) is -0.579. The third kappa shape index (κ3) is 2.75. The van der Waals surface area contributed by atoms with E-state index in [1.165, 1.54) is 0 Å². The molecule has 7 heavy (non-hydrogen) atoms. The molecule has 0 aromatic carbocycles. The van der Waals surface area contributed by atoms with Gasteiger partial charge < -0.3 is 5.11 Å². The van der Waals surface area contributed by atoms with Crippen molar-refractivity contribution in [3.63, 3.8) is 0 Å². The van der Waals surface area contributed by atoms with Crippen LogP contribution in [-0.4, -0.2) is 11.3 Å². The van der Waals surface area contributed by atoms with Crippen LogP contribution in [0, 0.1) is 0 Å². The zero-order chi connectivity index (χ0) is 5.86. The molecule has 2 unspecified atom stereocenters. The lowest BCUT2D eigenvalue weighted by Crippen LogP contribution is -2.19. The lowest BCUT2D eigenvalue weighted by atomic mass is 10.3. The molecule has 0 aliphatic rings. The summed E-state index contributed by atoms with van der Waals surface area (Å²) in [7, 11) is 2.20. The molecular formula is C4H10NOP. The van der Waals surface area contributed by atoms with Crippen LogP contribution in [0.25, 0.3) is 0 Å². The van der Waals surface area contributed by atoms with Gasteiger partial charge in [-0.1, -0.05) is 16.0 Å². The predicted octanol–water partition coefficient (Wildman–Crippen LogP) is 0.261. The van der Waals surface area contributed by atoms with Crippen LogP contribution in [-0.2, 0) is 0 Å². The fourth-order valence-corrected chi connectivity index (χ4v) is 0.427. The van der Waals surface area contributed by atoms with Crippen molar-refractivity contribution in [3.05, 3.63) is 12.2 Å². The Kier molecular flexibility index (Phi) is 3.18. The van der Waals surface area contributed by atoms with Gasteiger partial charge in [0.2, 0.25) is 0 Å². The third-order valence-electron chi connectivity index (χ3n) is 0.625. The van der Waals surface area contributed by atoms with E-state index < -0.39 is 6.23 Å². The van der Waals surface area contributed by atoms with E-state index in [1.807, 2.05) is 0 Å². The molecule has 0 radical (unpaired) electrons. The summed E-state index contributed by atoms with van der Waals surface area (Å²) in [6, 6.07) is 0. The highest BCUT2D eigenvalue weighted by atomic mass is 31.0. The molecule has 3 heteroatoms. The highest BCUT2D eigenvalue weighted by Gasteiger charge is 1.95. The summed E-state index contributed by atoms with van der Waals surface area (Å²) < 4.78 is 0. The van der Waals surface area contributed by atoms with E-state index in [2.05, 4.69) is 21.1 Å². The van der Waals surface area contributed by atoms with Crippen molar-refractivity contribution in [2.45, 2.75) is 13.2 Å². The van der Waals surface area contributed by atoms with Crippen molar-refractivity contribution in [2.75, 3.05) is 0 Å². The van der Waals surface area contributed by atoms with Crippen LogP contribution in [0.1, 0.15) is 6.92 Å². The summed E-state index contributed by atoms with van der Waals surface area (Å²) in [5.74, 6) is 0. The van der Waals surface area contributed by atoms with Gasteiger partial charge in [-0.25, -0.2) is 0 Å². The lowest BCUT2D eigenvalue weighted by Gasteiger charge is -2.05. The largest absolute Gasteiger partial charge is 0.374 e. The average molecular weight is 119 g/mol. The molecule has 0 fully saturated rings. The first kappa shape index (κ1) is 7.09. The molecule has 0 aliphatic heterocycles. The number of hydrogen-bond acceptors (Lipinski definition) is 2. The number of aliphatic hydroxyl groups is 1. The van der Waals surface area contributed by atoms with E-state index >= 15 is 0 Å². The van der Waals surface area contributed by atoms with Gasteiger partial charge in [0.15, 0.2) is 0 Å². The second kappa shape index (κ2) is 3.14. The minimum Gasteiger partial charge on any atom is -0.374 e. The van der Waals surface area contributed by atoms with Crippen molar-refractivity contribution in [3.8, 4) is 0 Å². The van der Waals surface area contributed by atoms with Crippen LogP contribution in [0.15, 0.2) is 12.2 Å². The molecule has 0 aromatic rings. The minimum absolute atomic E-state index is 0.579. The summed E-state index contributed by atoms with van der Waals surface area (Å²) in [5.41, 5.74) is 0.718. The van der Waals surface area contributed by atoms with E-state index in [9.17, 15) is 0 Å². The first-order valence-electron chi connectivity index (χ1n) is 1.98. The van der Waals surface area contributed by atoms with Crippen LogP contribution in [0.4, 0.5) is 0 Å². The Hall–Kier alpha value is 0.0900. The molecule has 2 nitrogen and oxygen atoms in total. The molecule has 0 bridgehead atoms. The Morgan fingerprint density at radius 1 is 2.00 bits per heavy atom. The van der Waals surface area contributed by atoms with Crippen LogP contribution in [0.5, 0.6) is 0 Å². The quantitative estimate of drug-likeness (QED) is 0.310. The van der Waals surface area contributed by atoms with Gasteiger partial charge in [0.25, 0.3) is 0 Å². The maximum Gasteiger partial charge on any atom is 0.129 e. The standard InChI is InChI=1S/C4H10NOP/c1-3(2)4(6)5-7/h4-6H,1,7H2,2H3. The first-order valence-corrected chi connectivity index (χ1v) is 2.56. The zero-order valence-corrected chi connectivity index (χ0v) is 5.46. The van der Waals surface area contributed by atoms with E-state index in [0.717, 1.165) is 5.57 Å². The van der Waals surface area contributed by atoms with Crippen molar-refractivity contribution >= 4 is 9.39 Å². The molecule has 0 spiro atoms. The molecule has 42 valence electrons. The second-order valence-corrected chi connectivity index (χ2v) is 1.75. The molecule has 0 rings (SSSR count). The Bertz CT molecular complexity index is 74.1. The Balaban J connectivity index is 3.34. The maximum atomic E-state index is 8.70. The molecule has 0 saturated carbocycles.